The molecule has 2 unspecified atom stereocenters. The molecule has 5 heterocycles. The van der Waals surface area contributed by atoms with Gasteiger partial charge in [0.1, 0.15) is 16.1 Å². The predicted octanol–water partition coefficient (Wildman–Crippen LogP) is 2.13. The summed E-state index contributed by atoms with van der Waals surface area (Å²) in [6, 6.07) is 2.58. The van der Waals surface area contributed by atoms with Crippen LogP contribution in [-0.2, 0) is 0 Å². The summed E-state index contributed by atoms with van der Waals surface area (Å²) in [6.07, 6.45) is 11.4. The molecule has 142 valence electrons. The van der Waals surface area contributed by atoms with Crippen LogP contribution >= 0.6 is 15.9 Å². The van der Waals surface area contributed by atoms with Gasteiger partial charge in [-0.05, 0) is 34.5 Å². The number of hydrogen-bond donors (Lipinski definition) is 1. The number of imidazole rings is 1. The van der Waals surface area contributed by atoms with Gasteiger partial charge in [-0.3, -0.25) is 9.39 Å². The second-order valence-corrected chi connectivity index (χ2v) is 7.86. The van der Waals surface area contributed by atoms with Gasteiger partial charge in [-0.25, -0.2) is 19.9 Å². The van der Waals surface area contributed by atoms with Crippen LogP contribution in [0, 0.1) is 0 Å². The fourth-order valence-corrected chi connectivity index (χ4v) is 4.05. The number of halogens is 1. The molecule has 0 radical (unpaired) electrons. The molecule has 0 aliphatic carbocycles. The predicted molar refractivity (Wildman–Crippen MR) is 112 cm³/mol. The van der Waals surface area contributed by atoms with E-state index in [0.717, 1.165) is 41.4 Å². The number of nitrogens with zero attached hydrogens (tertiary/aromatic N) is 7. The van der Waals surface area contributed by atoms with E-state index in [0.29, 0.717) is 11.9 Å². The van der Waals surface area contributed by atoms with Crippen LogP contribution in [0.5, 0.6) is 0 Å². The summed E-state index contributed by atoms with van der Waals surface area (Å²) in [6.45, 7) is 4.71. The zero-order valence-corrected chi connectivity index (χ0v) is 16.9. The quantitative estimate of drug-likeness (QED) is 0.674. The van der Waals surface area contributed by atoms with Crippen LogP contribution in [0.1, 0.15) is 6.92 Å². The first-order valence-electron chi connectivity index (χ1n) is 9.20. The highest BCUT2D eigenvalue weighted by atomic mass is 79.9. The molecule has 1 fully saturated rings. The summed E-state index contributed by atoms with van der Waals surface area (Å²) in [5.74, 6) is 1.56. The van der Waals surface area contributed by atoms with Crippen molar-refractivity contribution in [3.63, 3.8) is 0 Å². The molecule has 2 aliphatic rings. The Morgan fingerprint density at radius 1 is 1.18 bits per heavy atom. The Balaban J connectivity index is 1.48. The Morgan fingerprint density at radius 2 is 2.11 bits per heavy atom. The first kappa shape index (κ1) is 17.4. The van der Waals surface area contributed by atoms with Crippen molar-refractivity contribution in [2.24, 2.45) is 4.99 Å². The van der Waals surface area contributed by atoms with Gasteiger partial charge in [-0.1, -0.05) is 6.08 Å². The van der Waals surface area contributed by atoms with E-state index in [4.69, 9.17) is 4.98 Å². The van der Waals surface area contributed by atoms with E-state index in [2.05, 4.69) is 59.1 Å². The van der Waals surface area contributed by atoms with E-state index in [1.54, 1.807) is 12.4 Å². The second-order valence-electron chi connectivity index (χ2n) is 7.04. The van der Waals surface area contributed by atoms with E-state index in [1.165, 1.54) is 5.57 Å². The third-order valence-corrected chi connectivity index (χ3v) is 5.43. The Bertz CT molecular complexity index is 1090. The maximum absolute atomic E-state index is 4.85. The van der Waals surface area contributed by atoms with Crippen LogP contribution in [0.4, 0.5) is 5.82 Å². The third-order valence-electron chi connectivity index (χ3n) is 5.02. The summed E-state index contributed by atoms with van der Waals surface area (Å²) >= 11 is 3.41. The first-order chi connectivity index (χ1) is 13.7. The van der Waals surface area contributed by atoms with Gasteiger partial charge >= 0.3 is 0 Å². The first-order valence-corrected chi connectivity index (χ1v) is 9.99. The van der Waals surface area contributed by atoms with Crippen molar-refractivity contribution >= 4 is 33.6 Å². The zero-order valence-electron chi connectivity index (χ0n) is 15.3. The molecule has 28 heavy (non-hydrogen) atoms. The van der Waals surface area contributed by atoms with Crippen molar-refractivity contribution in [1.82, 2.24) is 29.7 Å². The maximum atomic E-state index is 4.85. The lowest BCUT2D eigenvalue weighted by atomic mass is 10.0. The van der Waals surface area contributed by atoms with E-state index in [-0.39, 0.29) is 6.04 Å². The van der Waals surface area contributed by atoms with Crippen molar-refractivity contribution < 1.29 is 0 Å². The molecule has 0 saturated carbocycles. The number of piperazine rings is 1. The van der Waals surface area contributed by atoms with E-state index in [1.807, 2.05) is 29.1 Å². The SMILES string of the molecule is CC1CN(c2ccnc(-c3cnc4cnc(Br)cn34)n2)CC(C2=CCN=C2)N1. The minimum Gasteiger partial charge on any atom is -0.353 e. The van der Waals surface area contributed by atoms with Crippen LogP contribution in [0.25, 0.3) is 17.2 Å². The summed E-state index contributed by atoms with van der Waals surface area (Å²) in [4.78, 5) is 24.6. The number of rotatable bonds is 3. The molecule has 2 atom stereocenters. The summed E-state index contributed by atoms with van der Waals surface area (Å²) in [7, 11) is 0. The molecule has 9 heteroatoms. The van der Waals surface area contributed by atoms with Gasteiger partial charge in [-0.2, -0.15) is 0 Å². The van der Waals surface area contributed by atoms with Gasteiger partial charge in [0.05, 0.1) is 25.0 Å². The average Bonchev–Trinajstić information content (AvgIpc) is 3.37. The summed E-state index contributed by atoms with van der Waals surface area (Å²) in [5.41, 5.74) is 2.85. The lowest BCUT2D eigenvalue weighted by Crippen LogP contribution is -2.56. The van der Waals surface area contributed by atoms with Gasteiger partial charge in [0.2, 0.25) is 0 Å². The fraction of sp³-hybridized carbons (Fsp3) is 0.316. The van der Waals surface area contributed by atoms with Gasteiger partial charge in [-0.15, -0.1) is 0 Å². The van der Waals surface area contributed by atoms with Crippen molar-refractivity contribution in [3.05, 3.63) is 47.1 Å². The molecule has 0 aromatic carbocycles. The smallest absolute Gasteiger partial charge is 0.180 e. The van der Waals surface area contributed by atoms with Gasteiger partial charge in [0, 0.05) is 37.7 Å². The molecule has 1 N–H and O–H groups in total. The lowest BCUT2D eigenvalue weighted by Gasteiger charge is -2.38. The van der Waals surface area contributed by atoms with Gasteiger partial charge in [0.25, 0.3) is 0 Å². The molecule has 8 nitrogen and oxygen atoms in total. The molecule has 1 saturated heterocycles. The summed E-state index contributed by atoms with van der Waals surface area (Å²) in [5, 5.41) is 3.66. The molecule has 5 rings (SSSR count). The highest BCUT2D eigenvalue weighted by molar-refractivity contribution is 9.10. The minimum absolute atomic E-state index is 0.256. The third kappa shape index (κ3) is 3.20. The average molecular weight is 439 g/mol. The number of fused-ring (bicyclic) bond motifs is 1. The standard InChI is InChI=1S/C19H19BrN8/c1-12-9-27(10-14(25-12)13-2-4-21-6-13)17-3-5-22-19(26-17)15-7-24-18-8-23-16(20)11-28(15)18/h2-3,5-8,11-12,14,25H,4,9-10H2,1H3. The Hall–Kier alpha value is -2.65. The number of hydrogen-bond acceptors (Lipinski definition) is 7. The molecule has 0 spiro atoms. The maximum Gasteiger partial charge on any atom is 0.180 e. The van der Waals surface area contributed by atoms with E-state index >= 15 is 0 Å². The van der Waals surface area contributed by atoms with Crippen LogP contribution in [0.3, 0.4) is 0 Å². The molecular weight excluding hydrogens is 420 g/mol. The van der Waals surface area contributed by atoms with E-state index < -0.39 is 0 Å². The van der Waals surface area contributed by atoms with Crippen LogP contribution < -0.4 is 10.2 Å². The van der Waals surface area contributed by atoms with Crippen LogP contribution in [0.2, 0.25) is 0 Å². The Morgan fingerprint density at radius 3 is 2.96 bits per heavy atom. The molecule has 3 aromatic rings. The van der Waals surface area contributed by atoms with Crippen molar-refractivity contribution in [1.29, 1.82) is 0 Å². The molecule has 0 bridgehead atoms. The van der Waals surface area contributed by atoms with Gasteiger partial charge in [0.15, 0.2) is 11.5 Å². The molecule has 3 aromatic heterocycles. The van der Waals surface area contributed by atoms with Crippen molar-refractivity contribution in [3.8, 4) is 11.5 Å². The Labute approximate surface area is 170 Å². The molecular formula is C19H19BrN8. The minimum atomic E-state index is 0.256. The zero-order chi connectivity index (χ0) is 19.1. The Kier molecular flexibility index (Phi) is 4.40. The van der Waals surface area contributed by atoms with Crippen molar-refractivity contribution in [2.75, 3.05) is 24.5 Å². The van der Waals surface area contributed by atoms with Crippen LogP contribution in [0.15, 0.2) is 52.1 Å². The molecule has 2 aliphatic heterocycles. The number of aliphatic imine (C=N–C) groups is 1. The summed E-state index contributed by atoms with van der Waals surface area (Å²) < 4.78 is 2.68. The molecule has 0 amide bonds. The number of aromatic nitrogens is 5. The highest BCUT2D eigenvalue weighted by Crippen LogP contribution is 2.23. The van der Waals surface area contributed by atoms with Crippen LogP contribution in [-0.4, -0.2) is 62.3 Å². The number of nitrogens with one attached hydrogen (secondary N) is 1. The monoisotopic (exact) mass is 438 g/mol. The largest absolute Gasteiger partial charge is 0.353 e. The lowest BCUT2D eigenvalue weighted by molar-refractivity contribution is 0.424. The van der Waals surface area contributed by atoms with Gasteiger partial charge < -0.3 is 10.2 Å². The van der Waals surface area contributed by atoms with E-state index in [9.17, 15) is 0 Å². The topological polar surface area (TPSA) is 83.6 Å². The normalized spacial score (nSPS) is 22.1. The fourth-order valence-electron chi connectivity index (χ4n) is 3.74. The highest BCUT2D eigenvalue weighted by Gasteiger charge is 2.27. The van der Waals surface area contributed by atoms with Crippen molar-refractivity contribution in [2.45, 2.75) is 19.0 Å². The second kappa shape index (κ2) is 7.06. The number of anilines is 1.